The molecule has 1 aliphatic heterocycles. The lowest BCUT2D eigenvalue weighted by atomic mass is 9.79. The van der Waals surface area contributed by atoms with E-state index in [2.05, 4.69) is 55.8 Å². The van der Waals surface area contributed by atoms with E-state index in [-0.39, 0.29) is 5.54 Å². The standard InChI is InChI=1S/C21H25ClN2/c1-5-24-20-11-6-16(12-19(20)15(2)13-21(24,3)4)14-23-18-9-7-17(22)8-10-18/h6-12,14-15H,5,13H2,1-4H3. The fourth-order valence-electron chi connectivity index (χ4n) is 3.86. The largest absolute Gasteiger partial charge is 0.366 e. The van der Waals surface area contributed by atoms with Crippen LogP contribution >= 0.6 is 11.6 Å². The smallest absolute Gasteiger partial charge is 0.0630 e. The monoisotopic (exact) mass is 340 g/mol. The van der Waals surface area contributed by atoms with Crippen LogP contribution in [0, 0.1) is 0 Å². The second-order valence-electron chi connectivity index (χ2n) is 7.21. The van der Waals surface area contributed by atoms with E-state index in [9.17, 15) is 0 Å². The van der Waals surface area contributed by atoms with Crippen LogP contribution in [-0.2, 0) is 0 Å². The van der Waals surface area contributed by atoms with E-state index in [1.165, 1.54) is 17.7 Å². The molecule has 0 radical (unpaired) electrons. The first-order chi connectivity index (χ1) is 11.4. The highest BCUT2D eigenvalue weighted by Crippen LogP contribution is 2.43. The summed E-state index contributed by atoms with van der Waals surface area (Å²) in [7, 11) is 0. The summed E-state index contributed by atoms with van der Waals surface area (Å²) in [6.45, 7) is 10.3. The molecule has 0 fully saturated rings. The molecule has 2 aromatic rings. The number of benzene rings is 2. The number of hydrogen-bond acceptors (Lipinski definition) is 2. The molecule has 0 aliphatic carbocycles. The topological polar surface area (TPSA) is 15.6 Å². The number of rotatable bonds is 3. The average Bonchev–Trinajstić information content (AvgIpc) is 2.54. The molecule has 3 heteroatoms. The molecule has 0 spiro atoms. The van der Waals surface area contributed by atoms with Crippen LogP contribution in [0.5, 0.6) is 0 Å². The Balaban J connectivity index is 1.91. The van der Waals surface area contributed by atoms with Crippen LogP contribution in [0.1, 0.15) is 51.2 Å². The molecule has 24 heavy (non-hydrogen) atoms. The molecule has 1 unspecified atom stereocenters. The second-order valence-corrected chi connectivity index (χ2v) is 7.65. The van der Waals surface area contributed by atoms with Crippen LogP contribution in [0.3, 0.4) is 0 Å². The minimum absolute atomic E-state index is 0.208. The van der Waals surface area contributed by atoms with Crippen LogP contribution in [0.15, 0.2) is 47.5 Å². The number of fused-ring (bicyclic) bond motifs is 1. The lowest BCUT2D eigenvalue weighted by Gasteiger charge is -2.47. The minimum Gasteiger partial charge on any atom is -0.366 e. The molecule has 126 valence electrons. The first-order valence-electron chi connectivity index (χ1n) is 8.62. The Morgan fingerprint density at radius 2 is 1.92 bits per heavy atom. The molecule has 1 heterocycles. The van der Waals surface area contributed by atoms with Crippen molar-refractivity contribution in [2.45, 2.75) is 45.6 Å². The molecule has 1 atom stereocenters. The van der Waals surface area contributed by atoms with Gasteiger partial charge in [-0.25, -0.2) is 0 Å². The summed E-state index contributed by atoms with van der Waals surface area (Å²) in [5.74, 6) is 0.557. The molecular weight excluding hydrogens is 316 g/mol. The summed E-state index contributed by atoms with van der Waals surface area (Å²) in [5, 5.41) is 0.735. The maximum atomic E-state index is 5.92. The molecule has 3 rings (SSSR count). The van der Waals surface area contributed by atoms with Crippen molar-refractivity contribution in [2.75, 3.05) is 11.4 Å². The van der Waals surface area contributed by atoms with Gasteiger partial charge < -0.3 is 4.90 Å². The summed E-state index contributed by atoms with van der Waals surface area (Å²) >= 11 is 5.92. The van der Waals surface area contributed by atoms with Gasteiger partial charge in [0.05, 0.1) is 5.69 Å². The van der Waals surface area contributed by atoms with Crippen molar-refractivity contribution in [1.82, 2.24) is 0 Å². The van der Waals surface area contributed by atoms with Gasteiger partial charge in [0, 0.05) is 29.0 Å². The Hall–Kier alpha value is -1.80. The molecule has 2 nitrogen and oxygen atoms in total. The van der Waals surface area contributed by atoms with E-state index in [1.807, 2.05) is 30.5 Å². The average molecular weight is 341 g/mol. The fourth-order valence-corrected chi connectivity index (χ4v) is 3.99. The van der Waals surface area contributed by atoms with E-state index < -0.39 is 0 Å². The van der Waals surface area contributed by atoms with Gasteiger partial charge in [-0.1, -0.05) is 24.6 Å². The van der Waals surface area contributed by atoms with Crippen LogP contribution in [0.25, 0.3) is 0 Å². The van der Waals surface area contributed by atoms with Gasteiger partial charge in [0.2, 0.25) is 0 Å². The Bertz CT molecular complexity index is 747. The maximum absolute atomic E-state index is 5.92. The fraction of sp³-hybridized carbons (Fsp3) is 0.381. The number of aliphatic imine (C=N–C) groups is 1. The third-order valence-corrected chi connectivity index (χ3v) is 5.17. The van der Waals surface area contributed by atoms with Crippen LogP contribution in [0.4, 0.5) is 11.4 Å². The predicted molar refractivity (Wildman–Crippen MR) is 105 cm³/mol. The van der Waals surface area contributed by atoms with E-state index >= 15 is 0 Å². The summed E-state index contributed by atoms with van der Waals surface area (Å²) in [6, 6.07) is 14.3. The third-order valence-electron chi connectivity index (χ3n) is 4.92. The van der Waals surface area contributed by atoms with Gasteiger partial charge >= 0.3 is 0 Å². The van der Waals surface area contributed by atoms with Crippen molar-refractivity contribution < 1.29 is 0 Å². The third kappa shape index (κ3) is 3.34. The van der Waals surface area contributed by atoms with Gasteiger partial charge in [-0.3, -0.25) is 4.99 Å². The van der Waals surface area contributed by atoms with Crippen LogP contribution in [0.2, 0.25) is 5.02 Å². The lowest BCUT2D eigenvalue weighted by molar-refractivity contribution is 0.381. The Kier molecular flexibility index (Phi) is 4.69. The number of halogens is 1. The van der Waals surface area contributed by atoms with Gasteiger partial charge in [0.25, 0.3) is 0 Å². The van der Waals surface area contributed by atoms with E-state index in [4.69, 9.17) is 11.6 Å². The first-order valence-corrected chi connectivity index (χ1v) is 9.00. The highest BCUT2D eigenvalue weighted by molar-refractivity contribution is 6.30. The highest BCUT2D eigenvalue weighted by atomic mass is 35.5. The SMILES string of the molecule is CCN1c2ccc(C=Nc3ccc(Cl)cc3)cc2C(C)CC1(C)C. The molecule has 0 amide bonds. The van der Waals surface area contributed by atoms with Gasteiger partial charge in [-0.15, -0.1) is 0 Å². The normalized spacial score (nSPS) is 19.5. The van der Waals surface area contributed by atoms with Crippen molar-refractivity contribution >= 4 is 29.2 Å². The van der Waals surface area contributed by atoms with Crippen LogP contribution < -0.4 is 4.90 Å². The minimum atomic E-state index is 0.208. The Labute approximate surface area is 150 Å². The quantitative estimate of drug-likeness (QED) is 0.607. The molecule has 0 saturated heterocycles. The first kappa shape index (κ1) is 17.0. The molecule has 0 aromatic heterocycles. The molecule has 0 bridgehead atoms. The zero-order valence-electron chi connectivity index (χ0n) is 14.9. The van der Waals surface area contributed by atoms with Crippen molar-refractivity contribution in [2.24, 2.45) is 4.99 Å². The van der Waals surface area contributed by atoms with Crippen molar-refractivity contribution in [3.8, 4) is 0 Å². The van der Waals surface area contributed by atoms with E-state index in [1.54, 1.807) is 0 Å². The van der Waals surface area contributed by atoms with Gasteiger partial charge in [-0.05, 0) is 80.6 Å². The van der Waals surface area contributed by atoms with Crippen LogP contribution in [-0.4, -0.2) is 18.3 Å². The molecular formula is C21H25ClN2. The molecule has 0 saturated carbocycles. The maximum Gasteiger partial charge on any atom is 0.0630 e. The Morgan fingerprint density at radius 1 is 1.21 bits per heavy atom. The van der Waals surface area contributed by atoms with Crippen molar-refractivity contribution in [3.05, 3.63) is 58.6 Å². The second kappa shape index (κ2) is 6.60. The van der Waals surface area contributed by atoms with Gasteiger partial charge in [0.15, 0.2) is 0 Å². The summed E-state index contributed by atoms with van der Waals surface area (Å²) in [5.41, 5.74) is 5.06. The highest BCUT2D eigenvalue weighted by Gasteiger charge is 2.35. The van der Waals surface area contributed by atoms with E-state index in [0.29, 0.717) is 5.92 Å². The summed E-state index contributed by atoms with van der Waals surface area (Å²) < 4.78 is 0. The summed E-state index contributed by atoms with van der Waals surface area (Å²) in [4.78, 5) is 7.08. The van der Waals surface area contributed by atoms with Gasteiger partial charge in [0.1, 0.15) is 0 Å². The summed E-state index contributed by atoms with van der Waals surface area (Å²) in [6.07, 6.45) is 3.11. The van der Waals surface area contributed by atoms with Crippen molar-refractivity contribution in [3.63, 3.8) is 0 Å². The number of nitrogens with zero attached hydrogens (tertiary/aromatic N) is 2. The zero-order valence-corrected chi connectivity index (χ0v) is 15.6. The van der Waals surface area contributed by atoms with Gasteiger partial charge in [-0.2, -0.15) is 0 Å². The number of anilines is 1. The predicted octanol–water partition coefficient (Wildman–Crippen LogP) is 6.20. The van der Waals surface area contributed by atoms with E-state index in [0.717, 1.165) is 22.8 Å². The Morgan fingerprint density at radius 3 is 2.58 bits per heavy atom. The molecule has 1 aliphatic rings. The molecule has 0 N–H and O–H groups in total. The van der Waals surface area contributed by atoms with Crippen molar-refractivity contribution in [1.29, 1.82) is 0 Å². The molecule has 2 aromatic carbocycles. The number of hydrogen-bond donors (Lipinski definition) is 0. The lowest BCUT2D eigenvalue weighted by Crippen LogP contribution is -2.48. The zero-order chi connectivity index (χ0) is 17.3.